The van der Waals surface area contributed by atoms with Gasteiger partial charge >= 0.3 is 6.18 Å². The Labute approximate surface area is 55.4 Å². The maximum atomic E-state index is 11.3. The highest BCUT2D eigenvalue weighted by Crippen LogP contribution is 2.11. The van der Waals surface area contributed by atoms with Crippen LogP contribution in [0.15, 0.2) is 0 Å². The van der Waals surface area contributed by atoms with Crippen molar-refractivity contribution in [3.05, 3.63) is 5.73 Å². The Hall–Kier alpha value is -0.780. The smallest absolute Gasteiger partial charge is 0.405 e. The molecular formula is C4H6F3N2O-. The van der Waals surface area contributed by atoms with Crippen molar-refractivity contribution < 1.29 is 18.0 Å². The van der Waals surface area contributed by atoms with Gasteiger partial charge in [0.1, 0.15) is 6.54 Å². The van der Waals surface area contributed by atoms with Gasteiger partial charge in [0.25, 0.3) is 0 Å². The summed E-state index contributed by atoms with van der Waals surface area (Å²) in [5.74, 6) is -0.919. The highest BCUT2D eigenvalue weighted by molar-refractivity contribution is 5.79. The lowest BCUT2D eigenvalue weighted by Gasteiger charge is -2.08. The molecule has 0 heterocycles. The van der Waals surface area contributed by atoms with E-state index in [2.05, 4.69) is 0 Å². The topological polar surface area (TPSA) is 52.9 Å². The monoisotopic (exact) mass is 155 g/mol. The normalized spacial score (nSPS) is 11.2. The Morgan fingerprint density at radius 1 is 1.50 bits per heavy atom. The Morgan fingerprint density at radius 3 is 2.30 bits per heavy atom. The number of hydrogen-bond donors (Lipinski definition) is 1. The maximum Gasteiger partial charge on any atom is 0.405 e. The van der Waals surface area contributed by atoms with Gasteiger partial charge in [0.15, 0.2) is 5.91 Å². The van der Waals surface area contributed by atoms with Crippen molar-refractivity contribution in [1.82, 2.24) is 5.32 Å². The van der Waals surface area contributed by atoms with E-state index in [1.165, 1.54) is 5.32 Å². The Bertz CT molecular complexity index is 122. The van der Waals surface area contributed by atoms with Crippen molar-refractivity contribution in [3.63, 3.8) is 0 Å². The van der Waals surface area contributed by atoms with E-state index in [0.29, 0.717) is 0 Å². The molecule has 0 bridgehead atoms. The number of rotatable bonds is 2. The number of carbonyl (C=O) groups excluding carboxylic acids is 1. The molecule has 0 aromatic heterocycles. The summed E-state index contributed by atoms with van der Waals surface area (Å²) in [6.45, 7) is -2.03. The van der Waals surface area contributed by atoms with Crippen molar-refractivity contribution in [2.75, 3.05) is 13.1 Å². The molecule has 0 aliphatic rings. The third-order valence-corrected chi connectivity index (χ3v) is 0.647. The molecule has 0 aromatic carbocycles. The van der Waals surface area contributed by atoms with E-state index in [9.17, 15) is 18.0 Å². The zero-order valence-corrected chi connectivity index (χ0v) is 4.96. The first-order valence-electron chi connectivity index (χ1n) is 2.44. The van der Waals surface area contributed by atoms with E-state index < -0.39 is 25.2 Å². The van der Waals surface area contributed by atoms with Crippen molar-refractivity contribution in [3.8, 4) is 0 Å². The second kappa shape index (κ2) is 3.40. The molecule has 0 atom stereocenters. The van der Waals surface area contributed by atoms with Gasteiger partial charge < -0.3 is 11.1 Å². The zero-order valence-electron chi connectivity index (χ0n) is 4.96. The van der Waals surface area contributed by atoms with Crippen molar-refractivity contribution in [2.24, 2.45) is 0 Å². The van der Waals surface area contributed by atoms with Gasteiger partial charge in [-0.25, -0.2) is 0 Å². The summed E-state index contributed by atoms with van der Waals surface area (Å²) in [4.78, 5) is 10.1. The van der Waals surface area contributed by atoms with Crippen molar-refractivity contribution >= 4 is 5.91 Å². The number of halogens is 3. The first-order chi connectivity index (χ1) is 4.45. The predicted octanol–water partition coefficient (Wildman–Crippen LogP) is 0.717. The summed E-state index contributed by atoms with van der Waals surface area (Å²) in [5, 5.41) is 1.52. The average Bonchev–Trinajstić information content (AvgIpc) is 1.81. The lowest BCUT2D eigenvalue weighted by Crippen LogP contribution is -2.34. The summed E-state index contributed by atoms with van der Waals surface area (Å²) >= 11 is 0. The van der Waals surface area contributed by atoms with E-state index >= 15 is 0 Å². The molecule has 10 heavy (non-hydrogen) atoms. The standard InChI is InChI=1S/C4H6F3N2O/c5-4(6,7)2-9-3(10)1-8/h8H,1-2H2,(H,9,10)/q-1. The highest BCUT2D eigenvalue weighted by Gasteiger charge is 2.26. The minimum absolute atomic E-state index is 0.671. The van der Waals surface area contributed by atoms with E-state index in [4.69, 9.17) is 5.73 Å². The summed E-state index contributed by atoms with van der Waals surface area (Å²) < 4.78 is 33.8. The van der Waals surface area contributed by atoms with Crippen LogP contribution in [0.2, 0.25) is 0 Å². The second-order valence-electron chi connectivity index (χ2n) is 1.57. The van der Waals surface area contributed by atoms with Crippen LogP contribution in [0.3, 0.4) is 0 Å². The first kappa shape index (κ1) is 9.22. The fourth-order valence-corrected chi connectivity index (χ4v) is 0.261. The molecule has 0 aliphatic heterocycles. The first-order valence-corrected chi connectivity index (χ1v) is 2.44. The van der Waals surface area contributed by atoms with E-state index in [0.717, 1.165) is 0 Å². The summed E-state index contributed by atoms with van der Waals surface area (Å²) in [6.07, 6.45) is -4.38. The van der Waals surface area contributed by atoms with Gasteiger partial charge in [0.2, 0.25) is 0 Å². The molecule has 0 saturated heterocycles. The van der Waals surface area contributed by atoms with Crippen LogP contribution >= 0.6 is 0 Å². The third kappa shape index (κ3) is 5.36. The van der Waals surface area contributed by atoms with Crippen LogP contribution < -0.4 is 5.32 Å². The van der Waals surface area contributed by atoms with Crippen LogP contribution in [0.1, 0.15) is 0 Å². The summed E-state index contributed by atoms with van der Waals surface area (Å²) in [5.41, 5.74) is 6.34. The zero-order chi connectivity index (χ0) is 8.20. The number of nitrogens with one attached hydrogen (secondary N) is 2. The van der Waals surface area contributed by atoms with Crippen LogP contribution in [0.25, 0.3) is 5.73 Å². The molecule has 2 N–H and O–H groups in total. The molecule has 0 spiro atoms. The third-order valence-electron chi connectivity index (χ3n) is 0.647. The molecule has 3 nitrogen and oxygen atoms in total. The van der Waals surface area contributed by atoms with Gasteiger partial charge in [-0.1, -0.05) is 6.54 Å². The van der Waals surface area contributed by atoms with Crippen LogP contribution in [0.4, 0.5) is 13.2 Å². The quantitative estimate of drug-likeness (QED) is 0.627. The molecule has 0 fully saturated rings. The van der Waals surface area contributed by atoms with Crippen LogP contribution in [-0.2, 0) is 4.79 Å². The molecule has 0 aliphatic carbocycles. The molecule has 0 unspecified atom stereocenters. The Morgan fingerprint density at radius 2 is 2.00 bits per heavy atom. The minimum Gasteiger partial charge on any atom is -0.670 e. The van der Waals surface area contributed by atoms with E-state index in [-0.39, 0.29) is 0 Å². The van der Waals surface area contributed by atoms with Gasteiger partial charge in [-0.2, -0.15) is 13.2 Å². The van der Waals surface area contributed by atoms with Crippen molar-refractivity contribution in [1.29, 1.82) is 0 Å². The molecule has 6 heteroatoms. The number of carbonyl (C=O) groups is 1. The van der Waals surface area contributed by atoms with Gasteiger partial charge in [0, 0.05) is 0 Å². The van der Waals surface area contributed by atoms with Crippen LogP contribution in [0.5, 0.6) is 0 Å². The molecule has 0 rings (SSSR count). The SMILES string of the molecule is [NH-]CC(=O)NCC(F)(F)F. The molecule has 60 valence electrons. The van der Waals surface area contributed by atoms with Gasteiger partial charge in [-0.3, -0.25) is 4.79 Å². The second-order valence-corrected chi connectivity index (χ2v) is 1.57. The Balaban J connectivity index is 3.46. The maximum absolute atomic E-state index is 11.3. The molecule has 0 radical (unpaired) electrons. The lowest BCUT2D eigenvalue weighted by atomic mass is 10.5. The van der Waals surface area contributed by atoms with Crippen LogP contribution in [0, 0.1) is 0 Å². The largest absolute Gasteiger partial charge is 0.670 e. The van der Waals surface area contributed by atoms with Gasteiger partial charge in [-0.05, 0) is 0 Å². The van der Waals surface area contributed by atoms with Crippen molar-refractivity contribution in [2.45, 2.75) is 6.18 Å². The fourth-order valence-electron chi connectivity index (χ4n) is 0.261. The highest BCUT2D eigenvalue weighted by atomic mass is 19.4. The number of amides is 1. The number of hydrogen-bond acceptors (Lipinski definition) is 1. The molecule has 1 amide bonds. The van der Waals surface area contributed by atoms with E-state index in [1.807, 2.05) is 0 Å². The molecular weight excluding hydrogens is 149 g/mol. The summed E-state index contributed by atoms with van der Waals surface area (Å²) in [6, 6.07) is 0. The summed E-state index contributed by atoms with van der Waals surface area (Å²) in [7, 11) is 0. The predicted molar refractivity (Wildman–Crippen MR) is 28.3 cm³/mol. The minimum atomic E-state index is -4.38. The Kier molecular flexibility index (Phi) is 3.14. The molecule has 0 aromatic rings. The van der Waals surface area contributed by atoms with E-state index in [1.54, 1.807) is 0 Å². The fraction of sp³-hybridized carbons (Fsp3) is 0.750. The number of alkyl halides is 3. The average molecular weight is 155 g/mol. The molecule has 0 saturated carbocycles. The van der Waals surface area contributed by atoms with Gasteiger partial charge in [-0.15, -0.1) is 0 Å². The lowest BCUT2D eigenvalue weighted by molar-refractivity contribution is -0.137. The van der Waals surface area contributed by atoms with Gasteiger partial charge in [0.05, 0.1) is 0 Å². The van der Waals surface area contributed by atoms with Crippen LogP contribution in [-0.4, -0.2) is 25.2 Å².